The number of hydrogen-bond donors (Lipinski definition) is 1. The molecular weight excluding hydrogens is 268 g/mol. The maximum atomic E-state index is 13.4. The van der Waals surface area contributed by atoms with E-state index in [1.165, 1.54) is 6.07 Å². The molecule has 78 valence electrons. The number of rotatable bonds is 1. The second-order valence-corrected chi connectivity index (χ2v) is 4.14. The highest BCUT2D eigenvalue weighted by atomic mass is 79.9. The van der Waals surface area contributed by atoms with E-state index < -0.39 is 0 Å². The average Bonchev–Trinajstić information content (AvgIpc) is 2.57. The van der Waals surface area contributed by atoms with E-state index in [1.807, 2.05) is 6.07 Å². The number of nitrogens with one attached hydrogen (secondary N) is 1. The molecule has 0 aromatic heterocycles. The van der Waals surface area contributed by atoms with Gasteiger partial charge >= 0.3 is 0 Å². The van der Waals surface area contributed by atoms with Gasteiger partial charge in [0.2, 0.25) is 0 Å². The van der Waals surface area contributed by atoms with Crippen LogP contribution in [0, 0.1) is 5.82 Å². The molecule has 4 heteroatoms. The summed E-state index contributed by atoms with van der Waals surface area (Å²) >= 11 is 3.38. The van der Waals surface area contributed by atoms with Crippen LogP contribution in [0.3, 0.4) is 0 Å². The second kappa shape index (κ2) is 5.10. The first-order valence-electron chi connectivity index (χ1n) is 4.46. The molecule has 1 fully saturated rings. The molecule has 1 aromatic carbocycles. The third-order valence-corrected chi connectivity index (χ3v) is 3.10. The van der Waals surface area contributed by atoms with Crippen molar-refractivity contribution in [3.8, 4) is 0 Å². The maximum Gasteiger partial charge on any atom is 0.129 e. The van der Waals surface area contributed by atoms with Crippen LogP contribution in [0.5, 0.6) is 0 Å². The summed E-state index contributed by atoms with van der Waals surface area (Å²) in [5.41, 5.74) is 0.778. The van der Waals surface area contributed by atoms with Crippen molar-refractivity contribution in [1.82, 2.24) is 5.32 Å². The van der Waals surface area contributed by atoms with Gasteiger partial charge in [-0.2, -0.15) is 0 Å². The van der Waals surface area contributed by atoms with Gasteiger partial charge in [-0.15, -0.1) is 12.4 Å². The van der Waals surface area contributed by atoms with Gasteiger partial charge in [-0.05, 0) is 31.5 Å². The van der Waals surface area contributed by atoms with Crippen molar-refractivity contribution in [2.24, 2.45) is 0 Å². The molecule has 0 saturated carbocycles. The van der Waals surface area contributed by atoms with Gasteiger partial charge in [0.25, 0.3) is 0 Å². The minimum atomic E-state index is -0.117. The molecule has 0 unspecified atom stereocenters. The van der Waals surface area contributed by atoms with Crippen molar-refractivity contribution in [1.29, 1.82) is 0 Å². The Morgan fingerprint density at radius 2 is 2.21 bits per heavy atom. The Bertz CT molecular complexity index is 293. The fourth-order valence-electron chi connectivity index (χ4n) is 1.77. The minimum absolute atomic E-state index is 0. The first-order valence-corrected chi connectivity index (χ1v) is 5.25. The summed E-state index contributed by atoms with van der Waals surface area (Å²) in [6.45, 7) is 0.992. The molecule has 1 atom stereocenters. The molecule has 1 N–H and O–H groups in total. The Balaban J connectivity index is 0.000000980. The van der Waals surface area contributed by atoms with E-state index in [2.05, 4.69) is 21.2 Å². The number of hydrogen-bond acceptors (Lipinski definition) is 1. The lowest BCUT2D eigenvalue weighted by Gasteiger charge is -2.13. The van der Waals surface area contributed by atoms with E-state index in [1.54, 1.807) is 6.07 Å². The molecule has 0 spiro atoms. The van der Waals surface area contributed by atoms with Gasteiger partial charge < -0.3 is 5.32 Å². The Morgan fingerprint density at radius 3 is 2.79 bits per heavy atom. The summed E-state index contributed by atoms with van der Waals surface area (Å²) in [4.78, 5) is 0. The molecular formula is C10H12BrClFN. The van der Waals surface area contributed by atoms with E-state index >= 15 is 0 Å². The van der Waals surface area contributed by atoms with Crippen LogP contribution in [0.25, 0.3) is 0 Å². The minimum Gasteiger partial charge on any atom is -0.310 e. The monoisotopic (exact) mass is 279 g/mol. The zero-order chi connectivity index (χ0) is 9.26. The molecule has 0 amide bonds. The van der Waals surface area contributed by atoms with Crippen LogP contribution < -0.4 is 5.32 Å². The number of benzene rings is 1. The van der Waals surface area contributed by atoms with E-state index in [-0.39, 0.29) is 24.3 Å². The molecule has 1 saturated heterocycles. The SMILES string of the molecule is Cl.Fc1cccc(Br)c1[C@@H]1CCCN1. The van der Waals surface area contributed by atoms with Crippen LogP contribution in [-0.4, -0.2) is 6.54 Å². The van der Waals surface area contributed by atoms with Crippen LogP contribution in [0.4, 0.5) is 4.39 Å². The van der Waals surface area contributed by atoms with Gasteiger partial charge in [-0.1, -0.05) is 22.0 Å². The molecule has 1 nitrogen and oxygen atoms in total. The lowest BCUT2D eigenvalue weighted by molar-refractivity contribution is 0.556. The third kappa shape index (κ3) is 2.27. The highest BCUT2D eigenvalue weighted by molar-refractivity contribution is 9.10. The molecule has 2 rings (SSSR count). The van der Waals surface area contributed by atoms with Crippen LogP contribution in [0.2, 0.25) is 0 Å². The summed E-state index contributed by atoms with van der Waals surface area (Å²) in [6.07, 6.45) is 2.16. The van der Waals surface area contributed by atoms with E-state index in [0.29, 0.717) is 0 Å². The van der Waals surface area contributed by atoms with Crippen molar-refractivity contribution < 1.29 is 4.39 Å². The summed E-state index contributed by atoms with van der Waals surface area (Å²) < 4.78 is 14.3. The quantitative estimate of drug-likeness (QED) is 0.831. The summed E-state index contributed by atoms with van der Waals surface area (Å²) in [5.74, 6) is -0.117. The Kier molecular flexibility index (Phi) is 4.35. The zero-order valence-electron chi connectivity index (χ0n) is 7.59. The first kappa shape index (κ1) is 12.0. The molecule has 1 heterocycles. The lowest BCUT2D eigenvalue weighted by Crippen LogP contribution is -2.14. The topological polar surface area (TPSA) is 12.0 Å². The molecule has 1 aromatic rings. The van der Waals surface area contributed by atoms with E-state index in [9.17, 15) is 4.39 Å². The Labute approximate surface area is 97.6 Å². The third-order valence-electron chi connectivity index (χ3n) is 2.41. The molecule has 1 aliphatic rings. The van der Waals surface area contributed by atoms with Gasteiger partial charge in [0.15, 0.2) is 0 Å². The Morgan fingerprint density at radius 1 is 1.43 bits per heavy atom. The first-order chi connectivity index (χ1) is 6.29. The molecule has 0 aliphatic carbocycles. The smallest absolute Gasteiger partial charge is 0.129 e. The van der Waals surface area contributed by atoms with Crippen molar-refractivity contribution in [3.05, 3.63) is 34.1 Å². The summed E-state index contributed by atoms with van der Waals surface area (Å²) in [5, 5.41) is 3.28. The van der Waals surface area contributed by atoms with Gasteiger partial charge in [0, 0.05) is 16.1 Å². The van der Waals surface area contributed by atoms with Crippen molar-refractivity contribution in [3.63, 3.8) is 0 Å². The summed E-state index contributed by atoms with van der Waals surface area (Å²) in [6, 6.07) is 5.31. The fourth-order valence-corrected chi connectivity index (χ4v) is 2.39. The largest absolute Gasteiger partial charge is 0.310 e. The van der Waals surface area contributed by atoms with Crippen LogP contribution in [-0.2, 0) is 0 Å². The van der Waals surface area contributed by atoms with Crippen molar-refractivity contribution >= 4 is 28.3 Å². The normalized spacial score (nSPS) is 20.6. The fraction of sp³-hybridized carbons (Fsp3) is 0.400. The molecule has 14 heavy (non-hydrogen) atoms. The highest BCUT2D eigenvalue weighted by Crippen LogP contribution is 2.31. The van der Waals surface area contributed by atoms with E-state index in [4.69, 9.17) is 0 Å². The zero-order valence-corrected chi connectivity index (χ0v) is 10.00. The van der Waals surface area contributed by atoms with Crippen molar-refractivity contribution in [2.75, 3.05) is 6.54 Å². The second-order valence-electron chi connectivity index (χ2n) is 3.28. The maximum absolute atomic E-state index is 13.4. The van der Waals surface area contributed by atoms with Crippen molar-refractivity contribution in [2.45, 2.75) is 18.9 Å². The molecule has 1 aliphatic heterocycles. The van der Waals surface area contributed by atoms with Crippen LogP contribution >= 0.6 is 28.3 Å². The highest BCUT2D eigenvalue weighted by Gasteiger charge is 2.21. The lowest BCUT2D eigenvalue weighted by atomic mass is 10.1. The predicted molar refractivity (Wildman–Crippen MR) is 61.3 cm³/mol. The molecule has 0 radical (unpaired) electrons. The van der Waals surface area contributed by atoms with Crippen LogP contribution in [0.15, 0.2) is 22.7 Å². The van der Waals surface area contributed by atoms with Crippen LogP contribution in [0.1, 0.15) is 24.4 Å². The Hall–Kier alpha value is -0.120. The number of halogens is 3. The van der Waals surface area contributed by atoms with Gasteiger partial charge in [-0.3, -0.25) is 0 Å². The van der Waals surface area contributed by atoms with E-state index in [0.717, 1.165) is 29.4 Å². The van der Waals surface area contributed by atoms with Gasteiger partial charge in [0.1, 0.15) is 5.82 Å². The predicted octanol–water partition coefficient (Wildman–Crippen LogP) is 3.43. The van der Waals surface area contributed by atoms with Gasteiger partial charge in [-0.25, -0.2) is 4.39 Å². The average molecular weight is 281 g/mol. The summed E-state index contributed by atoms with van der Waals surface area (Å²) in [7, 11) is 0. The molecule has 0 bridgehead atoms. The standard InChI is InChI=1S/C10H11BrFN.ClH/c11-7-3-1-4-8(12)10(7)9-5-2-6-13-9;/h1,3-4,9,13H,2,5-6H2;1H/t9-;/m0./s1. The van der Waals surface area contributed by atoms with Gasteiger partial charge in [0.05, 0.1) is 0 Å².